The molecule has 2 aromatic carbocycles. The van der Waals surface area contributed by atoms with Crippen LogP contribution in [0.3, 0.4) is 0 Å². The summed E-state index contributed by atoms with van der Waals surface area (Å²) in [7, 11) is 0. The highest BCUT2D eigenvalue weighted by Gasteiger charge is 2.13. The number of rotatable bonds is 6. The number of amides is 1. The summed E-state index contributed by atoms with van der Waals surface area (Å²) < 4.78 is 1.60. The fourth-order valence-electron chi connectivity index (χ4n) is 2.60. The molecule has 0 atom stereocenters. The largest absolute Gasteiger partial charge is 0.325 e. The average Bonchev–Trinajstić information content (AvgIpc) is 2.62. The molecule has 27 heavy (non-hydrogen) atoms. The van der Waals surface area contributed by atoms with Crippen LogP contribution < -0.4 is 10.9 Å². The topological polar surface area (TPSA) is 64.0 Å². The fraction of sp³-hybridized carbons (Fsp3) is 0.211. The Kier molecular flexibility index (Phi) is 6.42. The molecule has 0 bridgehead atoms. The molecule has 0 saturated heterocycles. The van der Waals surface area contributed by atoms with E-state index in [1.165, 1.54) is 11.8 Å². The lowest BCUT2D eigenvalue weighted by Crippen LogP contribution is -2.24. The summed E-state index contributed by atoms with van der Waals surface area (Å²) in [5, 5.41) is 4.86. The third kappa shape index (κ3) is 4.83. The van der Waals surface area contributed by atoms with E-state index in [1.54, 1.807) is 47.0 Å². The van der Waals surface area contributed by atoms with Crippen molar-refractivity contribution in [1.29, 1.82) is 0 Å². The number of halogens is 2. The number of carbonyl (C=O) groups excluding carboxylic acids is 1. The van der Waals surface area contributed by atoms with Gasteiger partial charge in [0, 0.05) is 22.3 Å². The van der Waals surface area contributed by atoms with Crippen molar-refractivity contribution in [3.05, 3.63) is 62.9 Å². The summed E-state index contributed by atoms with van der Waals surface area (Å²) in [6, 6.07) is 11.9. The number of hydrogen-bond acceptors (Lipinski definition) is 4. The van der Waals surface area contributed by atoms with Crippen LogP contribution >= 0.6 is 35.0 Å². The molecule has 1 aromatic heterocycles. The number of fused-ring (bicyclic) bond motifs is 1. The van der Waals surface area contributed by atoms with Crippen molar-refractivity contribution in [1.82, 2.24) is 9.55 Å². The fourth-order valence-corrected chi connectivity index (χ4v) is 3.78. The zero-order chi connectivity index (χ0) is 19.4. The summed E-state index contributed by atoms with van der Waals surface area (Å²) >= 11 is 13.2. The first kappa shape index (κ1) is 19.7. The van der Waals surface area contributed by atoms with Crippen molar-refractivity contribution in [3.63, 3.8) is 0 Å². The van der Waals surface area contributed by atoms with Crippen molar-refractivity contribution < 1.29 is 4.79 Å². The summed E-state index contributed by atoms with van der Waals surface area (Å²) in [6.45, 7) is 2.52. The summed E-state index contributed by atoms with van der Waals surface area (Å²) in [4.78, 5) is 29.6. The van der Waals surface area contributed by atoms with Crippen molar-refractivity contribution in [2.45, 2.75) is 25.0 Å². The van der Waals surface area contributed by atoms with Crippen molar-refractivity contribution in [2.24, 2.45) is 0 Å². The number of benzene rings is 2. The van der Waals surface area contributed by atoms with Gasteiger partial charge in [-0.3, -0.25) is 14.2 Å². The summed E-state index contributed by atoms with van der Waals surface area (Å²) in [5.74, 6) is -0.0832. The molecule has 3 aromatic rings. The zero-order valence-corrected chi connectivity index (χ0v) is 16.9. The van der Waals surface area contributed by atoms with Crippen LogP contribution in [0.15, 0.2) is 52.4 Å². The summed E-state index contributed by atoms with van der Waals surface area (Å²) in [5.41, 5.74) is 1.02. The Morgan fingerprint density at radius 3 is 2.70 bits per heavy atom. The van der Waals surface area contributed by atoms with E-state index in [4.69, 9.17) is 23.2 Å². The van der Waals surface area contributed by atoms with Crippen LogP contribution in [0.4, 0.5) is 5.69 Å². The maximum absolute atomic E-state index is 12.8. The molecule has 0 aliphatic heterocycles. The predicted molar refractivity (Wildman–Crippen MR) is 112 cm³/mol. The lowest BCUT2D eigenvalue weighted by molar-refractivity contribution is -0.113. The number of carbonyl (C=O) groups is 1. The molecular weight excluding hydrogens is 405 g/mol. The highest BCUT2D eigenvalue weighted by molar-refractivity contribution is 7.99. The van der Waals surface area contributed by atoms with E-state index >= 15 is 0 Å². The number of anilines is 1. The molecule has 0 fully saturated rings. The minimum Gasteiger partial charge on any atom is -0.325 e. The maximum atomic E-state index is 12.8. The van der Waals surface area contributed by atoms with E-state index < -0.39 is 0 Å². The number of hydrogen-bond donors (Lipinski definition) is 1. The Morgan fingerprint density at radius 1 is 1.19 bits per heavy atom. The van der Waals surface area contributed by atoms with Gasteiger partial charge in [-0.2, -0.15) is 0 Å². The predicted octanol–water partition coefficient (Wildman–Crippen LogP) is 4.84. The molecular formula is C19H17Cl2N3O2S. The van der Waals surface area contributed by atoms with E-state index in [-0.39, 0.29) is 17.2 Å². The molecule has 1 N–H and O–H groups in total. The standard InChI is InChI=1S/C19H17Cl2N3O2S/c1-2-8-24-18(26)15-7-6-13(21)10-16(15)23-19(24)27-11-17(25)22-14-5-3-4-12(20)9-14/h3-7,9-10H,2,8,11H2,1H3,(H,22,25). The smallest absolute Gasteiger partial charge is 0.262 e. The number of nitrogens with zero attached hydrogens (tertiary/aromatic N) is 2. The Hall–Kier alpha value is -2.02. The molecule has 3 rings (SSSR count). The van der Waals surface area contributed by atoms with Gasteiger partial charge in [0.1, 0.15) is 0 Å². The van der Waals surface area contributed by atoms with Crippen LogP contribution in [0, 0.1) is 0 Å². The third-order valence-corrected chi connectivity index (χ3v) is 5.22. The molecule has 0 radical (unpaired) electrons. The number of aromatic nitrogens is 2. The third-order valence-electron chi connectivity index (χ3n) is 3.77. The average molecular weight is 422 g/mol. The first-order chi connectivity index (χ1) is 13.0. The maximum Gasteiger partial charge on any atom is 0.262 e. The van der Waals surface area contributed by atoms with Gasteiger partial charge in [0.2, 0.25) is 5.91 Å². The van der Waals surface area contributed by atoms with E-state index in [0.29, 0.717) is 38.3 Å². The van der Waals surface area contributed by atoms with Crippen LogP contribution in [0.5, 0.6) is 0 Å². The molecule has 5 nitrogen and oxygen atoms in total. The number of nitrogens with one attached hydrogen (secondary N) is 1. The highest BCUT2D eigenvalue weighted by Crippen LogP contribution is 2.21. The second-order valence-corrected chi connectivity index (χ2v) is 7.68. The lowest BCUT2D eigenvalue weighted by Gasteiger charge is -2.12. The van der Waals surface area contributed by atoms with Gasteiger partial charge in [-0.1, -0.05) is 48.0 Å². The Bertz CT molecular complexity index is 1050. The minimum atomic E-state index is -0.203. The van der Waals surface area contributed by atoms with Gasteiger partial charge in [0.15, 0.2) is 5.16 Å². The SMILES string of the molecule is CCCn1c(SCC(=O)Nc2cccc(Cl)c2)nc2cc(Cl)ccc2c1=O. The molecule has 140 valence electrons. The van der Waals surface area contributed by atoms with E-state index in [0.717, 1.165) is 6.42 Å². The van der Waals surface area contributed by atoms with Gasteiger partial charge in [0.25, 0.3) is 5.56 Å². The molecule has 0 aliphatic carbocycles. The Labute approximate surface area is 170 Å². The van der Waals surface area contributed by atoms with Gasteiger partial charge in [0.05, 0.1) is 16.7 Å². The van der Waals surface area contributed by atoms with Gasteiger partial charge in [-0.25, -0.2) is 4.98 Å². The second-order valence-electron chi connectivity index (χ2n) is 5.86. The lowest BCUT2D eigenvalue weighted by atomic mass is 10.2. The molecule has 8 heteroatoms. The monoisotopic (exact) mass is 421 g/mol. The van der Waals surface area contributed by atoms with Crippen LogP contribution in [-0.2, 0) is 11.3 Å². The first-order valence-electron chi connectivity index (χ1n) is 8.36. The Balaban J connectivity index is 1.83. The Morgan fingerprint density at radius 2 is 1.96 bits per heavy atom. The molecule has 0 unspecified atom stereocenters. The quantitative estimate of drug-likeness (QED) is 0.456. The van der Waals surface area contributed by atoms with Gasteiger partial charge < -0.3 is 5.32 Å². The van der Waals surface area contributed by atoms with E-state index in [1.807, 2.05) is 6.92 Å². The summed E-state index contributed by atoms with van der Waals surface area (Å²) in [6.07, 6.45) is 0.781. The van der Waals surface area contributed by atoms with E-state index in [2.05, 4.69) is 10.3 Å². The normalized spacial score (nSPS) is 10.9. The van der Waals surface area contributed by atoms with Gasteiger partial charge >= 0.3 is 0 Å². The molecule has 0 saturated carbocycles. The first-order valence-corrected chi connectivity index (χ1v) is 10.1. The molecule has 0 aliphatic rings. The van der Waals surface area contributed by atoms with E-state index in [9.17, 15) is 9.59 Å². The van der Waals surface area contributed by atoms with Gasteiger partial charge in [-0.15, -0.1) is 0 Å². The van der Waals surface area contributed by atoms with Crippen LogP contribution in [0.2, 0.25) is 10.0 Å². The minimum absolute atomic E-state index is 0.120. The van der Waals surface area contributed by atoms with Gasteiger partial charge in [-0.05, 0) is 42.8 Å². The zero-order valence-electron chi connectivity index (χ0n) is 14.5. The molecule has 1 heterocycles. The molecule has 0 spiro atoms. The molecule has 1 amide bonds. The number of thioether (sulfide) groups is 1. The van der Waals surface area contributed by atoms with Crippen LogP contribution in [0.1, 0.15) is 13.3 Å². The van der Waals surface area contributed by atoms with Crippen molar-refractivity contribution >= 4 is 57.5 Å². The van der Waals surface area contributed by atoms with Crippen LogP contribution in [0.25, 0.3) is 10.9 Å². The van der Waals surface area contributed by atoms with Crippen LogP contribution in [-0.4, -0.2) is 21.2 Å². The second kappa shape index (κ2) is 8.78. The van der Waals surface area contributed by atoms with Crippen molar-refractivity contribution in [3.8, 4) is 0 Å². The highest BCUT2D eigenvalue weighted by atomic mass is 35.5. The van der Waals surface area contributed by atoms with Crippen molar-refractivity contribution in [2.75, 3.05) is 11.1 Å².